The molecule has 0 aliphatic rings. The minimum atomic E-state index is -3.54. The van der Waals surface area contributed by atoms with Crippen LogP contribution in [0, 0.1) is 33.1 Å². The molecule has 0 heterocycles. The quantitative estimate of drug-likeness (QED) is 0.477. The Labute approximate surface area is 125 Å². The van der Waals surface area contributed by atoms with E-state index in [9.17, 15) is 8.42 Å². The summed E-state index contributed by atoms with van der Waals surface area (Å²) in [4.78, 5) is 0.280. The summed E-state index contributed by atoms with van der Waals surface area (Å²) in [5, 5.41) is 0. The lowest BCUT2D eigenvalue weighted by Gasteiger charge is -2.15. The van der Waals surface area contributed by atoms with Gasteiger partial charge < -0.3 is 5.73 Å². The molecule has 110 valence electrons. The number of hydrogen-bond acceptors (Lipinski definition) is 4. The van der Waals surface area contributed by atoms with Crippen LogP contribution in [0.1, 0.15) is 16.7 Å². The van der Waals surface area contributed by atoms with Crippen LogP contribution in [0.3, 0.4) is 0 Å². The van der Waals surface area contributed by atoms with Crippen LogP contribution in [-0.2, 0) is 10.0 Å². The van der Waals surface area contributed by atoms with E-state index < -0.39 is 10.0 Å². The van der Waals surface area contributed by atoms with Crippen LogP contribution in [-0.4, -0.2) is 26.5 Å². The van der Waals surface area contributed by atoms with E-state index in [0.29, 0.717) is 34.9 Å². The lowest BCUT2D eigenvalue weighted by molar-refractivity contribution is 0.583. The molecule has 1 rings (SSSR count). The summed E-state index contributed by atoms with van der Waals surface area (Å²) in [7, 11) is -3.54. The van der Waals surface area contributed by atoms with Gasteiger partial charge in [-0.3, -0.25) is 0 Å². The van der Waals surface area contributed by atoms with E-state index in [1.165, 1.54) is 11.8 Å². The molecule has 1 aromatic carbocycles. The van der Waals surface area contributed by atoms with Crippen molar-refractivity contribution >= 4 is 27.5 Å². The van der Waals surface area contributed by atoms with Crippen LogP contribution >= 0.6 is 11.8 Å². The Morgan fingerprint density at radius 1 is 1.35 bits per heavy atom. The summed E-state index contributed by atoms with van der Waals surface area (Å²) in [5.41, 5.74) is 8.65. The van der Waals surface area contributed by atoms with Crippen molar-refractivity contribution in [3.8, 4) is 12.3 Å². The molecule has 1 aromatic rings. The monoisotopic (exact) mass is 312 g/mol. The Morgan fingerprint density at radius 2 is 2.00 bits per heavy atom. The number of sulfonamides is 1. The Kier molecular flexibility index (Phi) is 5.93. The molecule has 3 N–H and O–H groups in total. The Hall–Kier alpha value is -1.16. The van der Waals surface area contributed by atoms with Crippen molar-refractivity contribution in [3.05, 3.63) is 22.8 Å². The second kappa shape index (κ2) is 7.02. The fraction of sp³-hybridized carbons (Fsp3) is 0.429. The van der Waals surface area contributed by atoms with E-state index in [1.807, 2.05) is 6.92 Å². The van der Waals surface area contributed by atoms with Gasteiger partial charge in [-0.05, 0) is 37.5 Å². The van der Waals surface area contributed by atoms with Gasteiger partial charge in [0.25, 0.3) is 0 Å². The fourth-order valence-electron chi connectivity index (χ4n) is 2.05. The molecular weight excluding hydrogens is 292 g/mol. The number of hydrogen-bond donors (Lipinski definition) is 2. The van der Waals surface area contributed by atoms with Gasteiger partial charge in [-0.1, -0.05) is 12.0 Å². The Morgan fingerprint density at radius 3 is 2.60 bits per heavy atom. The number of benzene rings is 1. The third-order valence-electron chi connectivity index (χ3n) is 2.95. The number of nitrogens with one attached hydrogen (secondary N) is 1. The van der Waals surface area contributed by atoms with Crippen LogP contribution in [0.25, 0.3) is 0 Å². The normalized spacial score (nSPS) is 11.3. The summed E-state index contributed by atoms with van der Waals surface area (Å²) in [5.74, 6) is 3.72. The molecular formula is C14H20N2O2S2. The number of rotatable bonds is 6. The van der Waals surface area contributed by atoms with Gasteiger partial charge in [0.1, 0.15) is 0 Å². The molecule has 0 aromatic heterocycles. The van der Waals surface area contributed by atoms with Gasteiger partial charge in [-0.2, -0.15) is 0 Å². The standard InChI is InChI=1S/C14H20N2O2S2/c1-5-7-19-8-6-16-20(17,18)14-11(3)9-10(2)13(15)12(14)4/h1,9,16H,6-8,15H2,2-4H3. The molecule has 0 saturated heterocycles. The van der Waals surface area contributed by atoms with Crippen molar-refractivity contribution in [1.82, 2.24) is 4.72 Å². The molecule has 6 heteroatoms. The maximum Gasteiger partial charge on any atom is 0.241 e. The number of terminal acetylenes is 1. The minimum Gasteiger partial charge on any atom is -0.398 e. The third-order valence-corrected chi connectivity index (χ3v) is 5.57. The second-order valence-corrected chi connectivity index (χ2v) is 7.34. The van der Waals surface area contributed by atoms with E-state index >= 15 is 0 Å². The summed E-state index contributed by atoms with van der Waals surface area (Å²) >= 11 is 1.52. The number of nitrogens with two attached hydrogens (primary N) is 1. The smallest absolute Gasteiger partial charge is 0.241 e. The average Bonchev–Trinajstić information content (AvgIpc) is 2.35. The summed E-state index contributed by atoms with van der Waals surface area (Å²) in [6, 6.07) is 1.80. The molecule has 0 amide bonds. The molecule has 0 unspecified atom stereocenters. The van der Waals surface area contributed by atoms with Crippen LogP contribution < -0.4 is 10.5 Å². The van der Waals surface area contributed by atoms with Crippen molar-refractivity contribution in [1.29, 1.82) is 0 Å². The number of anilines is 1. The Bertz CT molecular complexity index is 632. The van der Waals surface area contributed by atoms with E-state index in [-0.39, 0.29) is 4.90 Å². The summed E-state index contributed by atoms with van der Waals surface area (Å²) < 4.78 is 27.3. The first-order valence-electron chi connectivity index (χ1n) is 6.18. The lowest BCUT2D eigenvalue weighted by atomic mass is 10.1. The number of aryl methyl sites for hydroxylation is 2. The molecule has 0 bridgehead atoms. The molecule has 20 heavy (non-hydrogen) atoms. The fourth-order valence-corrected chi connectivity index (χ4v) is 4.20. The average molecular weight is 312 g/mol. The van der Waals surface area contributed by atoms with Crippen molar-refractivity contribution in [2.75, 3.05) is 23.8 Å². The first-order valence-corrected chi connectivity index (χ1v) is 8.82. The topological polar surface area (TPSA) is 72.2 Å². The van der Waals surface area contributed by atoms with E-state index in [0.717, 1.165) is 5.56 Å². The van der Waals surface area contributed by atoms with E-state index in [2.05, 4.69) is 10.6 Å². The van der Waals surface area contributed by atoms with Gasteiger partial charge in [0.2, 0.25) is 10.0 Å². The first kappa shape index (κ1) is 16.9. The maximum absolute atomic E-state index is 12.4. The SMILES string of the molecule is C#CCSCCNS(=O)(=O)c1c(C)cc(C)c(N)c1C. The summed E-state index contributed by atoms with van der Waals surface area (Å²) in [6.07, 6.45) is 5.13. The highest BCUT2D eigenvalue weighted by molar-refractivity contribution is 7.99. The van der Waals surface area contributed by atoms with Crippen molar-refractivity contribution in [2.45, 2.75) is 25.7 Å². The summed E-state index contributed by atoms with van der Waals surface area (Å²) in [6.45, 7) is 5.73. The molecule has 0 aliphatic heterocycles. The largest absolute Gasteiger partial charge is 0.398 e. The zero-order valence-electron chi connectivity index (χ0n) is 12.0. The maximum atomic E-state index is 12.4. The van der Waals surface area contributed by atoms with Gasteiger partial charge in [0.05, 0.1) is 10.6 Å². The van der Waals surface area contributed by atoms with Gasteiger partial charge in [0, 0.05) is 18.0 Å². The van der Waals surface area contributed by atoms with Crippen LogP contribution in [0.4, 0.5) is 5.69 Å². The predicted octanol–water partition coefficient (Wildman–Crippen LogP) is 1.84. The molecule has 0 spiro atoms. The molecule has 0 saturated carbocycles. The van der Waals surface area contributed by atoms with E-state index in [4.69, 9.17) is 12.2 Å². The predicted molar refractivity (Wildman–Crippen MR) is 86.4 cm³/mol. The van der Waals surface area contributed by atoms with Gasteiger partial charge >= 0.3 is 0 Å². The van der Waals surface area contributed by atoms with Gasteiger partial charge in [-0.25, -0.2) is 13.1 Å². The van der Waals surface area contributed by atoms with E-state index in [1.54, 1.807) is 19.9 Å². The minimum absolute atomic E-state index is 0.280. The van der Waals surface area contributed by atoms with Crippen LogP contribution in [0.2, 0.25) is 0 Å². The highest BCUT2D eigenvalue weighted by Crippen LogP contribution is 2.27. The van der Waals surface area contributed by atoms with Crippen LogP contribution in [0.15, 0.2) is 11.0 Å². The van der Waals surface area contributed by atoms with Crippen molar-refractivity contribution in [3.63, 3.8) is 0 Å². The third kappa shape index (κ3) is 3.92. The molecule has 0 atom stereocenters. The second-order valence-electron chi connectivity index (χ2n) is 4.53. The Balaban J connectivity index is 2.94. The molecule has 4 nitrogen and oxygen atoms in total. The highest BCUT2D eigenvalue weighted by Gasteiger charge is 2.21. The number of nitrogen functional groups attached to an aromatic ring is 1. The zero-order chi connectivity index (χ0) is 15.3. The zero-order valence-corrected chi connectivity index (χ0v) is 13.6. The highest BCUT2D eigenvalue weighted by atomic mass is 32.2. The number of thioether (sulfide) groups is 1. The van der Waals surface area contributed by atoms with Gasteiger partial charge in [-0.15, -0.1) is 18.2 Å². The molecule has 0 fully saturated rings. The molecule has 0 aliphatic carbocycles. The van der Waals surface area contributed by atoms with Crippen molar-refractivity contribution < 1.29 is 8.42 Å². The first-order chi connectivity index (χ1) is 9.31. The van der Waals surface area contributed by atoms with Crippen molar-refractivity contribution in [2.24, 2.45) is 0 Å². The molecule has 0 radical (unpaired) electrons. The van der Waals surface area contributed by atoms with Gasteiger partial charge in [0.15, 0.2) is 0 Å². The van der Waals surface area contributed by atoms with Crippen LogP contribution in [0.5, 0.6) is 0 Å². The lowest BCUT2D eigenvalue weighted by Crippen LogP contribution is -2.27.